The van der Waals surface area contributed by atoms with Crippen LogP contribution in [-0.2, 0) is 14.8 Å². The number of sulfonamides is 1. The molecule has 0 radical (unpaired) electrons. The van der Waals surface area contributed by atoms with Crippen molar-refractivity contribution < 1.29 is 27.4 Å². The lowest BCUT2D eigenvalue weighted by atomic mass is 10.2. The fourth-order valence-corrected chi connectivity index (χ4v) is 3.54. The summed E-state index contributed by atoms with van der Waals surface area (Å²) in [6.07, 6.45) is 0. The zero-order valence-corrected chi connectivity index (χ0v) is 15.0. The van der Waals surface area contributed by atoms with Gasteiger partial charge in [0.05, 0.1) is 18.0 Å². The Bertz CT molecular complexity index is 911. The minimum Gasteiger partial charge on any atom is -0.497 e. The van der Waals surface area contributed by atoms with E-state index in [1.165, 1.54) is 38.3 Å². The highest BCUT2D eigenvalue weighted by Crippen LogP contribution is 2.34. The Morgan fingerprint density at radius 1 is 1.12 bits per heavy atom. The molecule has 2 aromatic carbocycles. The minimum atomic E-state index is -3.84. The van der Waals surface area contributed by atoms with Crippen LogP contribution in [0.2, 0.25) is 0 Å². The van der Waals surface area contributed by atoms with E-state index in [0.29, 0.717) is 22.9 Å². The molecule has 1 unspecified atom stereocenters. The number of anilines is 1. The maximum absolute atomic E-state index is 12.4. The highest BCUT2D eigenvalue weighted by Gasteiger charge is 2.23. The molecule has 0 aliphatic carbocycles. The van der Waals surface area contributed by atoms with Gasteiger partial charge in [0.2, 0.25) is 22.7 Å². The maximum atomic E-state index is 12.4. The molecule has 0 fully saturated rings. The first-order valence-corrected chi connectivity index (χ1v) is 9.24. The van der Waals surface area contributed by atoms with Crippen molar-refractivity contribution in [2.75, 3.05) is 19.2 Å². The van der Waals surface area contributed by atoms with Gasteiger partial charge in [-0.25, -0.2) is 8.42 Å². The highest BCUT2D eigenvalue weighted by atomic mass is 32.2. The van der Waals surface area contributed by atoms with Crippen molar-refractivity contribution in [3.05, 3.63) is 42.5 Å². The maximum Gasteiger partial charge on any atom is 0.242 e. The Morgan fingerprint density at radius 3 is 2.50 bits per heavy atom. The fraction of sp³-hybridized carbons (Fsp3) is 0.235. The van der Waals surface area contributed by atoms with E-state index in [-0.39, 0.29) is 11.7 Å². The summed E-state index contributed by atoms with van der Waals surface area (Å²) in [5.41, 5.74) is 0.481. The summed E-state index contributed by atoms with van der Waals surface area (Å²) in [4.78, 5) is 12.3. The van der Waals surface area contributed by atoms with Gasteiger partial charge in [0.15, 0.2) is 11.5 Å². The van der Waals surface area contributed by atoms with E-state index < -0.39 is 22.0 Å². The second-order valence-electron chi connectivity index (χ2n) is 5.58. The molecule has 3 rings (SSSR count). The summed E-state index contributed by atoms with van der Waals surface area (Å²) in [6.45, 7) is 1.59. The van der Waals surface area contributed by atoms with E-state index in [1.807, 2.05) is 0 Å². The van der Waals surface area contributed by atoms with E-state index in [9.17, 15) is 13.2 Å². The molecule has 1 heterocycles. The van der Waals surface area contributed by atoms with Gasteiger partial charge in [-0.05, 0) is 43.3 Å². The lowest BCUT2D eigenvalue weighted by molar-refractivity contribution is -0.117. The Balaban J connectivity index is 1.66. The molecule has 1 atom stereocenters. The molecule has 26 heavy (non-hydrogen) atoms. The summed E-state index contributed by atoms with van der Waals surface area (Å²) < 4.78 is 42.6. The van der Waals surface area contributed by atoms with Crippen LogP contribution >= 0.6 is 0 Å². The molecule has 1 aliphatic rings. The second-order valence-corrected chi connectivity index (χ2v) is 7.29. The highest BCUT2D eigenvalue weighted by molar-refractivity contribution is 7.89. The predicted molar refractivity (Wildman–Crippen MR) is 94.0 cm³/mol. The molecular formula is C17H18N2O6S. The molecule has 1 amide bonds. The van der Waals surface area contributed by atoms with Gasteiger partial charge in [0.25, 0.3) is 0 Å². The van der Waals surface area contributed by atoms with Crippen molar-refractivity contribution in [1.82, 2.24) is 4.72 Å². The number of ether oxygens (including phenoxy) is 3. The second kappa shape index (κ2) is 7.22. The molecular weight excluding hydrogens is 360 g/mol. The summed E-state index contributed by atoms with van der Waals surface area (Å²) in [5, 5.41) is 2.64. The zero-order chi connectivity index (χ0) is 18.7. The summed E-state index contributed by atoms with van der Waals surface area (Å²) >= 11 is 0. The van der Waals surface area contributed by atoms with Crippen molar-refractivity contribution in [2.45, 2.75) is 17.9 Å². The van der Waals surface area contributed by atoms with E-state index in [4.69, 9.17) is 14.2 Å². The molecule has 8 nitrogen and oxygen atoms in total. The monoisotopic (exact) mass is 378 g/mol. The quantitative estimate of drug-likeness (QED) is 0.794. The average molecular weight is 378 g/mol. The smallest absolute Gasteiger partial charge is 0.242 e. The largest absolute Gasteiger partial charge is 0.497 e. The predicted octanol–water partition coefficient (Wildman–Crippen LogP) is 1.73. The van der Waals surface area contributed by atoms with Crippen LogP contribution < -0.4 is 24.2 Å². The zero-order valence-electron chi connectivity index (χ0n) is 14.2. The van der Waals surface area contributed by atoms with Gasteiger partial charge in [0, 0.05) is 11.8 Å². The summed E-state index contributed by atoms with van der Waals surface area (Å²) in [6, 6.07) is 9.84. The van der Waals surface area contributed by atoms with Crippen LogP contribution in [-0.4, -0.2) is 34.3 Å². The molecule has 1 aliphatic heterocycles. The van der Waals surface area contributed by atoms with Crippen molar-refractivity contribution >= 4 is 21.6 Å². The van der Waals surface area contributed by atoms with E-state index in [0.717, 1.165) is 0 Å². The molecule has 0 saturated carbocycles. The lowest BCUT2D eigenvalue weighted by Crippen LogP contribution is -2.41. The number of hydrogen-bond donors (Lipinski definition) is 2. The topological polar surface area (TPSA) is 103 Å². The molecule has 2 N–H and O–H groups in total. The van der Waals surface area contributed by atoms with Crippen LogP contribution in [0.25, 0.3) is 0 Å². The number of carbonyl (C=O) groups excluding carboxylic acids is 1. The van der Waals surface area contributed by atoms with E-state index in [1.54, 1.807) is 18.2 Å². The Hall–Kier alpha value is -2.78. The third-order valence-electron chi connectivity index (χ3n) is 3.74. The normalized spacial score (nSPS) is 13.9. The third kappa shape index (κ3) is 3.89. The standard InChI is InChI=1S/C17H18N2O6S/c1-11(19-26(21,22)14-6-4-13(23-2)5-7-14)17(20)18-12-3-8-15-16(9-12)25-10-24-15/h3-9,11,19H,10H2,1-2H3,(H,18,20). The number of benzene rings is 2. The van der Waals surface area contributed by atoms with Gasteiger partial charge in [-0.2, -0.15) is 4.72 Å². The van der Waals surface area contributed by atoms with E-state index >= 15 is 0 Å². The number of nitrogens with one attached hydrogen (secondary N) is 2. The third-order valence-corrected chi connectivity index (χ3v) is 5.29. The van der Waals surface area contributed by atoms with Crippen LogP contribution in [0.4, 0.5) is 5.69 Å². The number of fused-ring (bicyclic) bond motifs is 1. The Morgan fingerprint density at radius 2 is 1.81 bits per heavy atom. The molecule has 9 heteroatoms. The van der Waals surface area contributed by atoms with Crippen molar-refractivity contribution in [2.24, 2.45) is 0 Å². The molecule has 0 spiro atoms. The van der Waals surface area contributed by atoms with E-state index in [2.05, 4.69) is 10.0 Å². The SMILES string of the molecule is COc1ccc(S(=O)(=O)NC(C)C(=O)Nc2ccc3c(c2)OCO3)cc1. The van der Waals surface area contributed by atoms with Crippen LogP contribution in [0, 0.1) is 0 Å². The molecule has 0 bridgehead atoms. The average Bonchev–Trinajstić information content (AvgIpc) is 3.09. The van der Waals surface area contributed by atoms with Gasteiger partial charge in [-0.3, -0.25) is 4.79 Å². The fourth-order valence-electron chi connectivity index (χ4n) is 2.33. The van der Waals surface area contributed by atoms with Gasteiger partial charge in [-0.15, -0.1) is 0 Å². The molecule has 138 valence electrons. The number of amides is 1. The van der Waals surface area contributed by atoms with Crippen LogP contribution in [0.5, 0.6) is 17.2 Å². The molecule has 0 saturated heterocycles. The Labute approximate surface area is 151 Å². The number of carbonyl (C=O) groups is 1. The van der Waals surface area contributed by atoms with Crippen LogP contribution in [0.15, 0.2) is 47.4 Å². The first-order chi connectivity index (χ1) is 12.4. The van der Waals surface area contributed by atoms with Gasteiger partial charge in [-0.1, -0.05) is 0 Å². The summed E-state index contributed by atoms with van der Waals surface area (Å²) in [5.74, 6) is 1.16. The van der Waals surface area contributed by atoms with Crippen molar-refractivity contribution in [3.63, 3.8) is 0 Å². The number of rotatable bonds is 6. The number of hydrogen-bond acceptors (Lipinski definition) is 6. The van der Waals surface area contributed by atoms with Gasteiger partial charge >= 0.3 is 0 Å². The summed E-state index contributed by atoms with van der Waals surface area (Å²) in [7, 11) is -2.35. The van der Waals surface area contributed by atoms with Crippen LogP contribution in [0.1, 0.15) is 6.92 Å². The first kappa shape index (κ1) is 18.0. The van der Waals surface area contributed by atoms with Gasteiger partial charge < -0.3 is 19.5 Å². The number of methoxy groups -OCH3 is 1. The van der Waals surface area contributed by atoms with Gasteiger partial charge in [0.1, 0.15) is 5.75 Å². The van der Waals surface area contributed by atoms with Crippen LogP contribution in [0.3, 0.4) is 0 Å². The Kier molecular flexibility index (Phi) is 5.01. The molecule has 0 aromatic heterocycles. The first-order valence-electron chi connectivity index (χ1n) is 7.76. The lowest BCUT2D eigenvalue weighted by Gasteiger charge is -2.15. The van der Waals surface area contributed by atoms with Crippen molar-refractivity contribution in [3.8, 4) is 17.2 Å². The molecule has 2 aromatic rings. The minimum absolute atomic E-state index is 0.0426. The van der Waals surface area contributed by atoms with Crippen molar-refractivity contribution in [1.29, 1.82) is 0 Å².